The van der Waals surface area contributed by atoms with E-state index in [2.05, 4.69) is 46.4 Å². The number of aromatic nitrogens is 2. The van der Waals surface area contributed by atoms with Crippen molar-refractivity contribution in [2.75, 3.05) is 62.2 Å². The average molecular weight is 589 g/mol. The number of nitrogens with one attached hydrogen (secondary N) is 2. The summed E-state index contributed by atoms with van der Waals surface area (Å²) in [5.74, 6) is 1.72. The van der Waals surface area contributed by atoms with Crippen molar-refractivity contribution in [3.05, 3.63) is 59.3 Å². The number of Topliss-reactive ketones (excluding diaryl/α,β-unsaturated/α-hetero) is 1. The second-order valence-electron chi connectivity index (χ2n) is 11.5. The van der Waals surface area contributed by atoms with Crippen LogP contribution in [0.1, 0.15) is 48.8 Å². The predicted octanol–water partition coefficient (Wildman–Crippen LogP) is 5.91. The molecule has 2 heterocycles. The van der Waals surface area contributed by atoms with Gasteiger partial charge in [0.1, 0.15) is 18.7 Å². The van der Waals surface area contributed by atoms with Crippen molar-refractivity contribution in [1.29, 1.82) is 0 Å². The second kappa shape index (κ2) is 12.3. The number of carbonyl (C=O) groups excluding carboxylic acids is 1. The fourth-order valence-corrected chi connectivity index (χ4v) is 6.28. The summed E-state index contributed by atoms with van der Waals surface area (Å²) in [4.78, 5) is 27.4. The number of nitrogens with zero attached hydrogens (tertiary/aromatic N) is 4. The van der Waals surface area contributed by atoms with Crippen molar-refractivity contribution >= 4 is 53.1 Å². The fourth-order valence-electron chi connectivity index (χ4n) is 5.41. The summed E-state index contributed by atoms with van der Waals surface area (Å²) >= 11 is 0. The summed E-state index contributed by atoms with van der Waals surface area (Å²) in [6, 6.07) is 12.1. The molecular weight excluding hydrogens is 547 g/mol. The van der Waals surface area contributed by atoms with Gasteiger partial charge >= 0.3 is 0 Å². The number of methoxy groups -OCH3 is 1. The zero-order valence-electron chi connectivity index (χ0n) is 25.4. The molecule has 1 aliphatic carbocycles. The molecule has 9 nitrogen and oxygen atoms in total. The molecule has 0 radical (unpaired) electrons. The van der Waals surface area contributed by atoms with Gasteiger partial charge in [-0.2, -0.15) is 4.98 Å². The van der Waals surface area contributed by atoms with Crippen molar-refractivity contribution in [3.8, 4) is 5.75 Å². The van der Waals surface area contributed by atoms with Gasteiger partial charge in [-0.25, -0.2) is 4.98 Å². The van der Waals surface area contributed by atoms with E-state index in [-0.39, 0.29) is 5.78 Å². The highest BCUT2D eigenvalue weighted by molar-refractivity contribution is 7.70. The standard InChI is InChI=1S/C32H41N6O3P/c1-7-29(39)25-20-23(42(5,6)40)12-14-27(25)33-31-24-9-8-10-26(24)34-32(36-31)35-28-13-11-22(19-30(28)41-4)38-17-15-37(16-18-38)21(2)3/h8-9,11-14,19-21H,7,10,15-18H2,1-6H3,(H2,33,34,35,36). The summed E-state index contributed by atoms with van der Waals surface area (Å²) in [5.41, 5.74) is 4.81. The first kappa shape index (κ1) is 29.8. The van der Waals surface area contributed by atoms with E-state index in [1.165, 1.54) is 0 Å². The molecular formula is C32H41N6O3P. The molecule has 0 unspecified atom stereocenters. The number of allylic oxidation sites excluding steroid dienone is 1. The Morgan fingerprint density at radius 2 is 1.76 bits per heavy atom. The smallest absolute Gasteiger partial charge is 0.229 e. The molecule has 1 saturated heterocycles. The lowest BCUT2D eigenvalue weighted by Gasteiger charge is -2.38. The van der Waals surface area contributed by atoms with Gasteiger partial charge in [-0.1, -0.05) is 19.1 Å². The van der Waals surface area contributed by atoms with Crippen molar-refractivity contribution in [2.24, 2.45) is 0 Å². The van der Waals surface area contributed by atoms with Gasteiger partial charge in [0.15, 0.2) is 5.78 Å². The molecule has 0 amide bonds. The van der Waals surface area contributed by atoms with Crippen LogP contribution in [0.4, 0.5) is 28.8 Å². The van der Waals surface area contributed by atoms with Crippen LogP contribution in [0.15, 0.2) is 42.5 Å². The lowest BCUT2D eigenvalue weighted by atomic mass is 10.1. The molecule has 2 N–H and O–H groups in total. The van der Waals surface area contributed by atoms with Gasteiger partial charge in [0, 0.05) is 73.2 Å². The number of ether oxygens (including phenoxy) is 1. The zero-order valence-corrected chi connectivity index (χ0v) is 26.3. The van der Waals surface area contributed by atoms with Crippen LogP contribution in [0.2, 0.25) is 0 Å². The Bertz CT molecular complexity index is 1560. The van der Waals surface area contributed by atoms with Crippen LogP contribution < -0.4 is 25.6 Å². The second-order valence-corrected chi connectivity index (χ2v) is 14.7. The largest absolute Gasteiger partial charge is 0.494 e. The van der Waals surface area contributed by atoms with E-state index in [1.807, 2.05) is 37.3 Å². The molecule has 3 aromatic rings. The zero-order chi connectivity index (χ0) is 30.0. The lowest BCUT2D eigenvalue weighted by Crippen LogP contribution is -2.48. The van der Waals surface area contributed by atoms with Crippen LogP contribution in [-0.2, 0) is 11.0 Å². The minimum Gasteiger partial charge on any atom is -0.494 e. The first-order chi connectivity index (χ1) is 20.1. The average Bonchev–Trinajstić information content (AvgIpc) is 3.46. The van der Waals surface area contributed by atoms with Crippen LogP contribution in [-0.4, -0.2) is 73.3 Å². The third-order valence-electron chi connectivity index (χ3n) is 7.96. The maximum absolute atomic E-state index is 12.9. The van der Waals surface area contributed by atoms with Gasteiger partial charge in [-0.05, 0) is 57.5 Å². The summed E-state index contributed by atoms with van der Waals surface area (Å²) < 4.78 is 18.5. The van der Waals surface area contributed by atoms with E-state index in [0.29, 0.717) is 53.0 Å². The summed E-state index contributed by atoms with van der Waals surface area (Å²) in [6.07, 6.45) is 5.08. The Morgan fingerprint density at radius 3 is 2.43 bits per heavy atom. The molecule has 1 aliphatic heterocycles. The number of carbonyl (C=O) groups is 1. The monoisotopic (exact) mass is 588 g/mol. The molecule has 0 saturated carbocycles. The Hall–Kier alpha value is -3.68. The minimum absolute atomic E-state index is 0.0252. The maximum Gasteiger partial charge on any atom is 0.229 e. The first-order valence-electron chi connectivity index (χ1n) is 14.6. The highest BCUT2D eigenvalue weighted by atomic mass is 31.2. The van der Waals surface area contributed by atoms with Gasteiger partial charge in [-0.3, -0.25) is 9.69 Å². The Balaban J connectivity index is 1.42. The van der Waals surface area contributed by atoms with E-state index in [4.69, 9.17) is 14.7 Å². The molecule has 0 atom stereocenters. The molecule has 0 bridgehead atoms. The van der Waals surface area contributed by atoms with E-state index in [0.717, 1.165) is 48.8 Å². The Kier molecular flexibility index (Phi) is 8.71. The molecule has 42 heavy (non-hydrogen) atoms. The third kappa shape index (κ3) is 6.37. The van der Waals surface area contributed by atoms with Crippen LogP contribution >= 0.6 is 7.14 Å². The molecule has 2 aromatic carbocycles. The Labute approximate surface area is 248 Å². The van der Waals surface area contributed by atoms with Gasteiger partial charge in [-0.15, -0.1) is 0 Å². The predicted molar refractivity (Wildman–Crippen MR) is 173 cm³/mol. The van der Waals surface area contributed by atoms with Crippen LogP contribution in [0.25, 0.3) is 6.08 Å². The quantitative estimate of drug-likeness (QED) is 0.221. The number of rotatable bonds is 10. The molecule has 222 valence electrons. The van der Waals surface area contributed by atoms with Crippen molar-refractivity contribution in [1.82, 2.24) is 14.9 Å². The van der Waals surface area contributed by atoms with Gasteiger partial charge in [0.05, 0.1) is 24.2 Å². The fraction of sp³-hybridized carbons (Fsp3) is 0.406. The van der Waals surface area contributed by atoms with Gasteiger partial charge in [0.2, 0.25) is 5.95 Å². The first-order valence-corrected chi connectivity index (χ1v) is 17.2. The Morgan fingerprint density at radius 1 is 1.02 bits per heavy atom. The minimum atomic E-state index is -2.53. The van der Waals surface area contributed by atoms with E-state index < -0.39 is 7.14 Å². The van der Waals surface area contributed by atoms with Crippen molar-refractivity contribution < 1.29 is 14.1 Å². The number of benzene rings is 2. The van der Waals surface area contributed by atoms with E-state index >= 15 is 0 Å². The van der Waals surface area contributed by atoms with Crippen LogP contribution in [0.5, 0.6) is 5.75 Å². The molecule has 1 fully saturated rings. The summed E-state index contributed by atoms with van der Waals surface area (Å²) in [5, 5.41) is 7.43. The molecule has 1 aromatic heterocycles. The summed E-state index contributed by atoms with van der Waals surface area (Å²) in [6.45, 7) is 13.8. The highest BCUT2D eigenvalue weighted by Gasteiger charge is 2.22. The SMILES string of the molecule is CCC(=O)c1cc(P(C)(C)=O)ccc1Nc1nc(Nc2ccc(N3CCN(C(C)C)CC3)cc2OC)nc2c1C=CC2. The molecule has 10 heteroatoms. The normalized spacial score (nSPS) is 15.2. The van der Waals surface area contributed by atoms with Crippen molar-refractivity contribution in [3.63, 3.8) is 0 Å². The number of hydrogen-bond donors (Lipinski definition) is 2. The van der Waals surface area contributed by atoms with E-state index in [9.17, 15) is 9.36 Å². The third-order valence-corrected chi connectivity index (χ3v) is 9.48. The molecule has 0 spiro atoms. The van der Waals surface area contributed by atoms with Crippen LogP contribution in [0, 0.1) is 0 Å². The van der Waals surface area contributed by atoms with Gasteiger partial charge < -0.3 is 24.8 Å². The number of ketones is 1. The van der Waals surface area contributed by atoms with Gasteiger partial charge in [0.25, 0.3) is 0 Å². The number of anilines is 5. The maximum atomic E-state index is 12.9. The summed E-state index contributed by atoms with van der Waals surface area (Å²) in [7, 11) is -0.859. The number of piperazine rings is 1. The topological polar surface area (TPSA) is 99.7 Å². The highest BCUT2D eigenvalue weighted by Crippen LogP contribution is 2.38. The van der Waals surface area contributed by atoms with Crippen LogP contribution in [0.3, 0.4) is 0 Å². The lowest BCUT2D eigenvalue weighted by molar-refractivity contribution is 0.0989. The molecule has 2 aliphatic rings. The number of fused-ring (bicyclic) bond motifs is 1. The number of hydrogen-bond acceptors (Lipinski definition) is 9. The van der Waals surface area contributed by atoms with Crippen molar-refractivity contribution in [2.45, 2.75) is 39.7 Å². The van der Waals surface area contributed by atoms with E-state index in [1.54, 1.807) is 26.5 Å². The molecule has 5 rings (SSSR count).